The number of aliphatic imine (C=N–C) groups is 1. The second-order valence-electron chi connectivity index (χ2n) is 6.71. The number of guanidine groups is 1. The van der Waals surface area contributed by atoms with E-state index >= 15 is 0 Å². The number of sulfonamides is 1. The molecule has 3 N–H and O–H groups in total. The van der Waals surface area contributed by atoms with Crippen LogP contribution < -0.4 is 15.4 Å². The topological polar surface area (TPSA) is 101 Å². The predicted octanol–water partition coefficient (Wildman–Crippen LogP) is 0.714. The van der Waals surface area contributed by atoms with Crippen LogP contribution in [0.1, 0.15) is 18.4 Å². The van der Waals surface area contributed by atoms with Gasteiger partial charge in [0.25, 0.3) is 0 Å². The number of benzene rings is 1. The molecule has 0 saturated carbocycles. The van der Waals surface area contributed by atoms with Crippen LogP contribution in [0.25, 0.3) is 0 Å². The maximum Gasteiger partial charge on any atom is 0.213 e. The number of rotatable bonds is 12. The van der Waals surface area contributed by atoms with Crippen molar-refractivity contribution in [1.82, 2.24) is 15.4 Å². The molecule has 0 bridgehead atoms. The van der Waals surface area contributed by atoms with Gasteiger partial charge in [-0.05, 0) is 18.4 Å². The molecule has 8 nitrogen and oxygen atoms in total. The number of ether oxygens (including phenoxy) is 2. The van der Waals surface area contributed by atoms with Crippen molar-refractivity contribution >= 4 is 16.0 Å². The Kier molecular flexibility index (Phi) is 10.3. The highest BCUT2D eigenvalue weighted by Crippen LogP contribution is 2.12. The van der Waals surface area contributed by atoms with Crippen molar-refractivity contribution < 1.29 is 17.9 Å². The Morgan fingerprint density at radius 1 is 1.25 bits per heavy atom. The molecule has 1 unspecified atom stereocenters. The highest BCUT2D eigenvalue weighted by atomic mass is 32.2. The molecule has 1 saturated heterocycles. The maximum absolute atomic E-state index is 12.1. The van der Waals surface area contributed by atoms with E-state index in [4.69, 9.17) is 9.47 Å². The van der Waals surface area contributed by atoms with E-state index in [9.17, 15) is 8.42 Å². The van der Waals surface area contributed by atoms with E-state index < -0.39 is 10.0 Å². The summed E-state index contributed by atoms with van der Waals surface area (Å²) in [7, 11) is -1.69. The third-order valence-corrected chi connectivity index (χ3v) is 5.69. The Bertz CT molecular complexity index is 676. The molecule has 1 fully saturated rings. The van der Waals surface area contributed by atoms with Gasteiger partial charge in [-0.15, -0.1) is 0 Å². The summed E-state index contributed by atoms with van der Waals surface area (Å²) in [5.41, 5.74) is 0.930. The number of hydrogen-bond donors (Lipinski definition) is 3. The van der Waals surface area contributed by atoms with Gasteiger partial charge in [0.05, 0.1) is 19.0 Å². The summed E-state index contributed by atoms with van der Waals surface area (Å²) >= 11 is 0. The molecule has 1 aromatic rings. The summed E-state index contributed by atoms with van der Waals surface area (Å²) in [6.07, 6.45) is 1.93. The van der Waals surface area contributed by atoms with Crippen molar-refractivity contribution in [2.75, 3.05) is 52.3 Å². The molecule has 0 spiro atoms. The molecule has 1 atom stereocenters. The van der Waals surface area contributed by atoms with Crippen molar-refractivity contribution in [2.24, 2.45) is 10.9 Å². The molecule has 2 rings (SSSR count). The first-order valence-electron chi connectivity index (χ1n) is 9.70. The average molecular weight is 413 g/mol. The quantitative estimate of drug-likeness (QED) is 0.266. The SMILES string of the molecule is CN=C(NCCCOCC1CCOC1)NCCS(=O)(=O)NCc1ccccc1. The van der Waals surface area contributed by atoms with E-state index in [0.29, 0.717) is 31.6 Å². The molecule has 1 aromatic carbocycles. The van der Waals surface area contributed by atoms with E-state index in [1.54, 1.807) is 7.05 Å². The lowest BCUT2D eigenvalue weighted by atomic mass is 10.1. The van der Waals surface area contributed by atoms with Crippen molar-refractivity contribution in [3.63, 3.8) is 0 Å². The van der Waals surface area contributed by atoms with Crippen molar-refractivity contribution in [3.05, 3.63) is 35.9 Å². The van der Waals surface area contributed by atoms with E-state index in [1.165, 1.54) is 0 Å². The smallest absolute Gasteiger partial charge is 0.213 e. The van der Waals surface area contributed by atoms with Crippen LogP contribution in [0.3, 0.4) is 0 Å². The first kappa shape index (κ1) is 22.6. The fourth-order valence-corrected chi connectivity index (χ4v) is 3.63. The van der Waals surface area contributed by atoms with Crippen LogP contribution in [0, 0.1) is 5.92 Å². The van der Waals surface area contributed by atoms with Crippen LogP contribution in [-0.2, 0) is 26.0 Å². The molecule has 28 heavy (non-hydrogen) atoms. The van der Waals surface area contributed by atoms with Crippen LogP contribution in [0.5, 0.6) is 0 Å². The zero-order valence-corrected chi connectivity index (χ0v) is 17.3. The number of nitrogens with zero attached hydrogens (tertiary/aromatic N) is 1. The van der Waals surface area contributed by atoms with Crippen molar-refractivity contribution in [1.29, 1.82) is 0 Å². The highest BCUT2D eigenvalue weighted by Gasteiger charge is 2.15. The minimum absolute atomic E-state index is 0.0207. The Morgan fingerprint density at radius 3 is 2.75 bits per heavy atom. The number of nitrogens with one attached hydrogen (secondary N) is 3. The molecule has 0 aromatic heterocycles. The lowest BCUT2D eigenvalue weighted by molar-refractivity contribution is 0.0888. The highest BCUT2D eigenvalue weighted by molar-refractivity contribution is 7.89. The predicted molar refractivity (Wildman–Crippen MR) is 111 cm³/mol. The molecule has 9 heteroatoms. The molecule has 0 amide bonds. The standard InChI is InChI=1S/C19H32N4O4S/c1-20-19(21-9-5-11-26-15-18-8-12-27-16-18)22-10-13-28(24,25)23-14-17-6-3-2-4-7-17/h2-4,6-7,18,23H,5,8-16H2,1H3,(H2,20,21,22). The van der Waals surface area contributed by atoms with E-state index in [0.717, 1.165) is 38.2 Å². The monoisotopic (exact) mass is 412 g/mol. The van der Waals surface area contributed by atoms with Gasteiger partial charge in [-0.2, -0.15) is 0 Å². The molecule has 1 aliphatic rings. The van der Waals surface area contributed by atoms with E-state index in [2.05, 4.69) is 20.3 Å². The van der Waals surface area contributed by atoms with Crippen LogP contribution in [0.15, 0.2) is 35.3 Å². The van der Waals surface area contributed by atoms with E-state index in [1.807, 2.05) is 30.3 Å². The fourth-order valence-electron chi connectivity index (χ4n) is 2.73. The van der Waals surface area contributed by atoms with Crippen LogP contribution in [0.4, 0.5) is 0 Å². The Balaban J connectivity index is 1.53. The summed E-state index contributed by atoms with van der Waals surface area (Å²) in [5.74, 6) is 1.09. The molecule has 158 valence electrons. The zero-order chi connectivity index (χ0) is 20.1. The van der Waals surface area contributed by atoms with Gasteiger partial charge in [0, 0.05) is 45.8 Å². The van der Waals surface area contributed by atoms with Crippen LogP contribution >= 0.6 is 0 Å². The molecule has 0 radical (unpaired) electrons. The van der Waals surface area contributed by atoms with E-state index in [-0.39, 0.29) is 12.3 Å². The number of hydrogen-bond acceptors (Lipinski definition) is 5. The van der Waals surface area contributed by atoms with Gasteiger partial charge in [0.1, 0.15) is 0 Å². The largest absolute Gasteiger partial charge is 0.381 e. The van der Waals surface area contributed by atoms with Gasteiger partial charge < -0.3 is 20.1 Å². The molecule has 1 aliphatic heterocycles. The Labute approximate surface area is 168 Å². The normalized spacial score (nSPS) is 17.6. The van der Waals surface area contributed by atoms with Gasteiger partial charge >= 0.3 is 0 Å². The van der Waals surface area contributed by atoms with Gasteiger partial charge in [-0.3, -0.25) is 4.99 Å². The third-order valence-electron chi connectivity index (χ3n) is 4.36. The summed E-state index contributed by atoms with van der Waals surface area (Å²) in [6.45, 7) is 4.36. The Hall–Kier alpha value is -1.68. The van der Waals surface area contributed by atoms with Crippen molar-refractivity contribution in [2.45, 2.75) is 19.4 Å². The molecule has 1 heterocycles. The lowest BCUT2D eigenvalue weighted by Crippen LogP contribution is -2.41. The second kappa shape index (κ2) is 12.7. The molecule has 0 aliphatic carbocycles. The second-order valence-corrected chi connectivity index (χ2v) is 8.64. The first-order chi connectivity index (χ1) is 13.6. The van der Waals surface area contributed by atoms with Crippen LogP contribution in [-0.4, -0.2) is 66.7 Å². The zero-order valence-electron chi connectivity index (χ0n) is 16.5. The fraction of sp³-hybridized carbons (Fsp3) is 0.632. The Morgan fingerprint density at radius 2 is 2.04 bits per heavy atom. The minimum atomic E-state index is -3.35. The van der Waals surface area contributed by atoms with Crippen molar-refractivity contribution in [3.8, 4) is 0 Å². The van der Waals surface area contributed by atoms with Crippen LogP contribution in [0.2, 0.25) is 0 Å². The molecular weight excluding hydrogens is 380 g/mol. The summed E-state index contributed by atoms with van der Waals surface area (Å²) in [5, 5.41) is 6.18. The lowest BCUT2D eigenvalue weighted by Gasteiger charge is -2.13. The van der Waals surface area contributed by atoms with Gasteiger partial charge in [-0.1, -0.05) is 30.3 Å². The summed E-state index contributed by atoms with van der Waals surface area (Å²) in [4.78, 5) is 4.10. The summed E-state index contributed by atoms with van der Waals surface area (Å²) in [6, 6.07) is 9.44. The van der Waals surface area contributed by atoms with Gasteiger partial charge in [-0.25, -0.2) is 13.1 Å². The maximum atomic E-state index is 12.1. The molecular formula is C19H32N4O4S. The van der Waals surface area contributed by atoms with Gasteiger partial charge in [0.2, 0.25) is 10.0 Å². The summed E-state index contributed by atoms with van der Waals surface area (Å²) < 4.78 is 37.7. The van der Waals surface area contributed by atoms with Gasteiger partial charge in [0.15, 0.2) is 5.96 Å². The average Bonchev–Trinajstić information content (AvgIpc) is 3.22. The first-order valence-corrected chi connectivity index (χ1v) is 11.4. The minimum Gasteiger partial charge on any atom is -0.381 e. The third kappa shape index (κ3) is 9.50.